The van der Waals surface area contributed by atoms with Gasteiger partial charge in [0, 0.05) is 23.9 Å². The zero-order valence-electron chi connectivity index (χ0n) is 19.7. The van der Waals surface area contributed by atoms with Crippen LogP contribution in [0.25, 0.3) is 11.1 Å². The summed E-state index contributed by atoms with van der Waals surface area (Å²) < 4.78 is 5.55. The molecule has 0 saturated heterocycles. The summed E-state index contributed by atoms with van der Waals surface area (Å²) >= 11 is 0. The number of amides is 2. The van der Waals surface area contributed by atoms with Crippen LogP contribution < -0.4 is 10.6 Å². The van der Waals surface area contributed by atoms with E-state index in [2.05, 4.69) is 34.9 Å². The number of rotatable bonds is 8. The lowest BCUT2D eigenvalue weighted by Gasteiger charge is -2.27. The first-order valence-electron chi connectivity index (χ1n) is 11.9. The van der Waals surface area contributed by atoms with E-state index in [1.807, 2.05) is 24.3 Å². The first kappa shape index (κ1) is 23.8. The molecular weight excluding hydrogens is 432 g/mol. The van der Waals surface area contributed by atoms with Crippen molar-refractivity contribution < 1.29 is 24.2 Å². The lowest BCUT2D eigenvalue weighted by atomic mass is 9.87. The fraction of sp³-hybridized carbons (Fsp3) is 0.444. The molecule has 0 aromatic heterocycles. The second kappa shape index (κ2) is 9.87. The van der Waals surface area contributed by atoms with Crippen molar-refractivity contribution in [2.24, 2.45) is 11.3 Å². The number of carbonyl (C=O) groups is 3. The van der Waals surface area contributed by atoms with Gasteiger partial charge in [0.25, 0.3) is 0 Å². The lowest BCUT2D eigenvalue weighted by Crippen LogP contribution is -2.46. The van der Waals surface area contributed by atoms with Crippen molar-refractivity contribution in [2.75, 3.05) is 13.2 Å². The summed E-state index contributed by atoms with van der Waals surface area (Å²) in [5, 5.41) is 15.0. The van der Waals surface area contributed by atoms with Gasteiger partial charge in [-0.15, -0.1) is 0 Å². The second-order valence-electron chi connectivity index (χ2n) is 9.84. The summed E-state index contributed by atoms with van der Waals surface area (Å²) in [5.74, 6) is -1.59. The standard InChI is InChI=1S/C27H32N2O5/c1-27(2,25(32)29-23-13-7-12-21(23)24(30)31)14-15-28-26(33)34-16-22-19-10-5-3-8-17(19)18-9-4-6-11-20(18)22/h3-6,8-11,21-23H,7,12-16H2,1-2H3,(H,28,33)(H,29,32)(H,30,31). The maximum Gasteiger partial charge on any atom is 0.407 e. The fourth-order valence-corrected chi connectivity index (χ4v) is 5.03. The Morgan fingerprint density at radius 2 is 1.62 bits per heavy atom. The van der Waals surface area contributed by atoms with Gasteiger partial charge in [-0.3, -0.25) is 9.59 Å². The maximum absolute atomic E-state index is 12.8. The molecule has 2 atom stereocenters. The Bertz CT molecular complexity index is 1030. The minimum atomic E-state index is -0.863. The van der Waals surface area contributed by atoms with E-state index in [9.17, 15) is 19.5 Å². The Kier molecular flexibility index (Phi) is 6.91. The lowest BCUT2D eigenvalue weighted by molar-refractivity contribution is -0.142. The van der Waals surface area contributed by atoms with Crippen LogP contribution in [0.2, 0.25) is 0 Å². The predicted octanol–water partition coefficient (Wildman–Crippen LogP) is 4.31. The number of alkyl carbamates (subject to hydrolysis) is 1. The van der Waals surface area contributed by atoms with Crippen LogP contribution in [0.3, 0.4) is 0 Å². The third-order valence-corrected chi connectivity index (χ3v) is 7.13. The van der Waals surface area contributed by atoms with Gasteiger partial charge < -0.3 is 20.5 Å². The van der Waals surface area contributed by atoms with E-state index in [1.165, 1.54) is 11.1 Å². The van der Waals surface area contributed by atoms with Crippen molar-refractivity contribution in [3.05, 3.63) is 59.7 Å². The molecule has 2 aromatic carbocycles. The molecule has 2 amide bonds. The average Bonchev–Trinajstić information content (AvgIpc) is 3.40. The molecule has 1 fully saturated rings. The number of hydrogen-bond donors (Lipinski definition) is 3. The summed E-state index contributed by atoms with van der Waals surface area (Å²) in [6, 6.07) is 16.0. The molecule has 2 aliphatic rings. The van der Waals surface area contributed by atoms with E-state index in [0.29, 0.717) is 19.3 Å². The highest BCUT2D eigenvalue weighted by molar-refractivity contribution is 5.83. The van der Waals surface area contributed by atoms with E-state index >= 15 is 0 Å². The van der Waals surface area contributed by atoms with Gasteiger partial charge in [-0.1, -0.05) is 68.8 Å². The number of carbonyl (C=O) groups excluding carboxylic acids is 2. The molecular formula is C27H32N2O5. The summed E-state index contributed by atoms with van der Waals surface area (Å²) in [7, 11) is 0. The van der Waals surface area contributed by atoms with E-state index < -0.39 is 23.4 Å². The molecule has 180 valence electrons. The van der Waals surface area contributed by atoms with Gasteiger partial charge in [0.05, 0.1) is 5.92 Å². The van der Waals surface area contributed by atoms with Gasteiger partial charge in [-0.05, 0) is 41.5 Å². The summed E-state index contributed by atoms with van der Waals surface area (Å²) in [4.78, 5) is 36.5. The van der Waals surface area contributed by atoms with E-state index in [1.54, 1.807) is 13.8 Å². The average molecular weight is 465 g/mol. The zero-order chi connectivity index (χ0) is 24.3. The molecule has 2 aliphatic carbocycles. The number of carboxylic acid groups (broad SMARTS) is 1. The molecule has 3 N–H and O–H groups in total. The van der Waals surface area contributed by atoms with Crippen molar-refractivity contribution in [3.63, 3.8) is 0 Å². The van der Waals surface area contributed by atoms with Gasteiger partial charge in [0.2, 0.25) is 5.91 Å². The first-order valence-corrected chi connectivity index (χ1v) is 11.9. The highest BCUT2D eigenvalue weighted by atomic mass is 16.5. The number of nitrogens with one attached hydrogen (secondary N) is 2. The van der Waals surface area contributed by atoms with Gasteiger partial charge >= 0.3 is 12.1 Å². The second-order valence-corrected chi connectivity index (χ2v) is 9.84. The Balaban J connectivity index is 1.26. The number of carboxylic acids is 1. The molecule has 0 radical (unpaired) electrons. The third kappa shape index (κ3) is 4.93. The van der Waals surface area contributed by atoms with Crippen LogP contribution in [0, 0.1) is 11.3 Å². The molecule has 7 heteroatoms. The van der Waals surface area contributed by atoms with E-state index in [4.69, 9.17) is 4.74 Å². The predicted molar refractivity (Wildman–Crippen MR) is 128 cm³/mol. The Hall–Kier alpha value is -3.35. The first-order chi connectivity index (χ1) is 16.3. The fourth-order valence-electron chi connectivity index (χ4n) is 5.03. The minimum absolute atomic E-state index is 0.00559. The van der Waals surface area contributed by atoms with E-state index in [0.717, 1.165) is 17.5 Å². The van der Waals surface area contributed by atoms with Crippen LogP contribution in [0.15, 0.2) is 48.5 Å². The number of ether oxygens (including phenoxy) is 1. The monoisotopic (exact) mass is 464 g/mol. The number of aliphatic carboxylic acids is 1. The SMILES string of the molecule is CC(C)(CCNC(=O)OCC1c2ccccc2-c2ccccc21)C(=O)NC1CCCC1C(=O)O. The molecule has 1 saturated carbocycles. The zero-order valence-corrected chi connectivity index (χ0v) is 19.7. The van der Waals surface area contributed by atoms with Crippen molar-refractivity contribution in [1.82, 2.24) is 10.6 Å². The molecule has 34 heavy (non-hydrogen) atoms. The summed E-state index contributed by atoms with van der Waals surface area (Å²) in [6.45, 7) is 4.12. The van der Waals surface area contributed by atoms with Crippen LogP contribution in [-0.4, -0.2) is 42.3 Å². The topological polar surface area (TPSA) is 105 Å². The van der Waals surface area contributed by atoms with Crippen LogP contribution in [-0.2, 0) is 14.3 Å². The Labute approximate surface area is 199 Å². The molecule has 4 rings (SSSR count). The number of hydrogen-bond acceptors (Lipinski definition) is 4. The van der Waals surface area contributed by atoms with Crippen molar-refractivity contribution in [1.29, 1.82) is 0 Å². The third-order valence-electron chi connectivity index (χ3n) is 7.13. The molecule has 2 aromatic rings. The normalized spacial score (nSPS) is 19.2. The molecule has 7 nitrogen and oxygen atoms in total. The smallest absolute Gasteiger partial charge is 0.407 e. The van der Waals surface area contributed by atoms with Crippen LogP contribution in [0.5, 0.6) is 0 Å². The van der Waals surface area contributed by atoms with Crippen LogP contribution >= 0.6 is 0 Å². The Morgan fingerprint density at radius 1 is 1.00 bits per heavy atom. The quantitative estimate of drug-likeness (QED) is 0.540. The van der Waals surface area contributed by atoms with Gasteiger partial charge in [0.15, 0.2) is 0 Å². The van der Waals surface area contributed by atoms with Crippen molar-refractivity contribution in [3.8, 4) is 11.1 Å². The van der Waals surface area contributed by atoms with Gasteiger partial charge in [0.1, 0.15) is 6.61 Å². The van der Waals surface area contributed by atoms with Crippen molar-refractivity contribution in [2.45, 2.75) is 51.5 Å². The van der Waals surface area contributed by atoms with Crippen LogP contribution in [0.1, 0.15) is 56.6 Å². The molecule has 0 spiro atoms. The van der Waals surface area contributed by atoms with Gasteiger partial charge in [-0.25, -0.2) is 4.79 Å². The minimum Gasteiger partial charge on any atom is -0.481 e. The highest BCUT2D eigenvalue weighted by Crippen LogP contribution is 2.44. The van der Waals surface area contributed by atoms with Crippen LogP contribution in [0.4, 0.5) is 4.79 Å². The number of fused-ring (bicyclic) bond motifs is 3. The molecule has 0 heterocycles. The van der Waals surface area contributed by atoms with Gasteiger partial charge in [-0.2, -0.15) is 0 Å². The van der Waals surface area contributed by atoms with Crippen molar-refractivity contribution >= 4 is 18.0 Å². The number of benzene rings is 2. The summed E-state index contributed by atoms with van der Waals surface area (Å²) in [6.07, 6.45) is 1.96. The molecule has 2 unspecified atom stereocenters. The highest BCUT2D eigenvalue weighted by Gasteiger charge is 2.37. The maximum atomic E-state index is 12.8. The largest absolute Gasteiger partial charge is 0.481 e. The van der Waals surface area contributed by atoms with E-state index in [-0.39, 0.29) is 31.0 Å². The summed E-state index contributed by atoms with van der Waals surface area (Å²) in [5.41, 5.74) is 3.91. The molecule has 0 aliphatic heterocycles. The Morgan fingerprint density at radius 3 is 2.24 bits per heavy atom. The molecule has 0 bridgehead atoms.